The van der Waals surface area contributed by atoms with Gasteiger partial charge in [-0.1, -0.05) is 6.07 Å². The van der Waals surface area contributed by atoms with Crippen LogP contribution in [0.25, 0.3) is 5.82 Å². The van der Waals surface area contributed by atoms with Gasteiger partial charge in [0.25, 0.3) is 0 Å². The van der Waals surface area contributed by atoms with Crippen LogP contribution >= 0.6 is 0 Å². The van der Waals surface area contributed by atoms with Crippen molar-refractivity contribution in [1.29, 1.82) is 5.26 Å². The Bertz CT molecular complexity index is 1210. The number of ether oxygens (including phenoxy) is 1. The van der Waals surface area contributed by atoms with E-state index in [0.717, 1.165) is 27.8 Å². The SMILES string of the molecule is Cc1cc(-n2cc(CNCC(NCCO)c3ccc4c(c3C)COC4=O)cn2)ncc1C#N. The summed E-state index contributed by atoms with van der Waals surface area (Å²) in [5.74, 6) is 0.382. The largest absolute Gasteiger partial charge is 0.457 e. The monoisotopic (exact) mass is 446 g/mol. The number of aliphatic hydroxyl groups is 1. The minimum absolute atomic E-state index is 0.0336. The molecule has 3 heterocycles. The van der Waals surface area contributed by atoms with Crippen LogP contribution in [0.1, 0.15) is 49.8 Å². The number of hydrogen-bond acceptors (Lipinski definition) is 8. The zero-order valence-corrected chi connectivity index (χ0v) is 18.6. The average molecular weight is 447 g/mol. The number of nitrogens with zero attached hydrogens (tertiary/aromatic N) is 4. The summed E-state index contributed by atoms with van der Waals surface area (Å²) in [5.41, 5.74) is 6.05. The lowest BCUT2D eigenvalue weighted by Gasteiger charge is -2.22. The van der Waals surface area contributed by atoms with E-state index < -0.39 is 0 Å². The van der Waals surface area contributed by atoms with Gasteiger partial charge in [0.15, 0.2) is 5.82 Å². The highest BCUT2D eigenvalue weighted by atomic mass is 16.5. The number of nitrogens with one attached hydrogen (secondary N) is 2. The number of cyclic esters (lactones) is 1. The normalized spacial score (nSPS) is 13.5. The van der Waals surface area contributed by atoms with E-state index in [0.29, 0.717) is 43.2 Å². The molecule has 0 radical (unpaired) electrons. The van der Waals surface area contributed by atoms with Crippen molar-refractivity contribution in [3.8, 4) is 11.9 Å². The van der Waals surface area contributed by atoms with Crippen molar-refractivity contribution in [3.05, 3.63) is 75.7 Å². The maximum absolute atomic E-state index is 11.8. The number of fused-ring (bicyclic) bond motifs is 1. The lowest BCUT2D eigenvalue weighted by Crippen LogP contribution is -2.33. The second-order valence-electron chi connectivity index (χ2n) is 8.01. The van der Waals surface area contributed by atoms with Crippen molar-refractivity contribution in [2.24, 2.45) is 0 Å². The molecule has 0 aliphatic carbocycles. The Hall–Kier alpha value is -3.58. The minimum atomic E-state index is -0.276. The third-order valence-corrected chi connectivity index (χ3v) is 5.85. The first-order chi connectivity index (χ1) is 16.0. The van der Waals surface area contributed by atoms with Gasteiger partial charge < -0.3 is 20.5 Å². The van der Waals surface area contributed by atoms with Gasteiger partial charge in [-0.3, -0.25) is 0 Å². The Balaban J connectivity index is 1.43. The van der Waals surface area contributed by atoms with E-state index in [9.17, 15) is 9.90 Å². The Morgan fingerprint density at radius 3 is 2.94 bits per heavy atom. The number of hydrogen-bond donors (Lipinski definition) is 3. The van der Waals surface area contributed by atoms with Crippen molar-refractivity contribution in [2.45, 2.75) is 33.0 Å². The molecule has 170 valence electrons. The van der Waals surface area contributed by atoms with Gasteiger partial charge in [-0.05, 0) is 42.7 Å². The quantitative estimate of drug-likeness (QED) is 0.425. The number of esters is 1. The van der Waals surface area contributed by atoms with Gasteiger partial charge in [-0.15, -0.1) is 0 Å². The highest BCUT2D eigenvalue weighted by Gasteiger charge is 2.26. The predicted molar refractivity (Wildman–Crippen MR) is 121 cm³/mol. The highest BCUT2D eigenvalue weighted by molar-refractivity contribution is 5.94. The van der Waals surface area contributed by atoms with Crippen molar-refractivity contribution in [2.75, 3.05) is 19.7 Å². The van der Waals surface area contributed by atoms with Crippen LogP contribution in [0.2, 0.25) is 0 Å². The van der Waals surface area contributed by atoms with Crippen molar-refractivity contribution >= 4 is 5.97 Å². The fourth-order valence-corrected chi connectivity index (χ4v) is 4.00. The van der Waals surface area contributed by atoms with E-state index in [4.69, 9.17) is 10.00 Å². The molecule has 0 amide bonds. The molecule has 0 saturated heterocycles. The summed E-state index contributed by atoms with van der Waals surface area (Å²) in [4.78, 5) is 16.2. The fourth-order valence-electron chi connectivity index (χ4n) is 4.00. The number of benzene rings is 1. The Morgan fingerprint density at radius 2 is 2.18 bits per heavy atom. The van der Waals surface area contributed by atoms with Gasteiger partial charge in [0.1, 0.15) is 12.7 Å². The summed E-state index contributed by atoms with van der Waals surface area (Å²) in [6.07, 6.45) is 5.24. The summed E-state index contributed by atoms with van der Waals surface area (Å²) >= 11 is 0. The predicted octanol–water partition coefficient (Wildman–Crippen LogP) is 1.84. The van der Waals surface area contributed by atoms with Gasteiger partial charge >= 0.3 is 5.97 Å². The first-order valence-electron chi connectivity index (χ1n) is 10.8. The van der Waals surface area contributed by atoms with Crippen LogP contribution in [0.5, 0.6) is 0 Å². The summed E-state index contributed by atoms with van der Waals surface area (Å²) in [6.45, 7) is 5.88. The number of carbonyl (C=O) groups excluding carboxylic acids is 1. The molecule has 0 spiro atoms. The molecule has 9 nitrogen and oxygen atoms in total. The molecular weight excluding hydrogens is 420 g/mol. The van der Waals surface area contributed by atoms with E-state index >= 15 is 0 Å². The van der Waals surface area contributed by atoms with Gasteiger partial charge in [0.05, 0.1) is 23.9 Å². The zero-order chi connectivity index (χ0) is 23.4. The van der Waals surface area contributed by atoms with Crippen LogP contribution < -0.4 is 10.6 Å². The second kappa shape index (κ2) is 9.92. The number of nitriles is 1. The molecule has 1 aliphatic rings. The van der Waals surface area contributed by atoms with Gasteiger partial charge in [0, 0.05) is 49.2 Å². The molecule has 1 unspecified atom stereocenters. The smallest absolute Gasteiger partial charge is 0.338 e. The summed E-state index contributed by atoms with van der Waals surface area (Å²) in [7, 11) is 0. The third kappa shape index (κ3) is 4.78. The highest BCUT2D eigenvalue weighted by Crippen LogP contribution is 2.29. The standard InChI is InChI=1S/C24H26N6O3/c1-15-7-23(28-11-18(15)8-25)30-13-17(10-29-30)9-26-12-22(27-5-6-31)19-3-4-20-21(16(19)2)14-33-24(20)32/h3-4,7,10-11,13,22,26-27,31H,5-6,9,12,14H2,1-2H3. The number of pyridine rings is 1. The molecule has 2 aromatic heterocycles. The average Bonchev–Trinajstić information content (AvgIpc) is 3.44. The number of aliphatic hydroxyl groups excluding tert-OH is 1. The van der Waals surface area contributed by atoms with Crippen LogP contribution in [0.4, 0.5) is 0 Å². The maximum atomic E-state index is 11.8. The van der Waals surface area contributed by atoms with E-state index in [-0.39, 0.29) is 18.6 Å². The van der Waals surface area contributed by atoms with Crippen molar-refractivity contribution < 1.29 is 14.6 Å². The maximum Gasteiger partial charge on any atom is 0.338 e. The topological polar surface area (TPSA) is 125 Å². The van der Waals surface area contributed by atoms with Crippen molar-refractivity contribution in [3.63, 3.8) is 0 Å². The molecular formula is C24H26N6O3. The summed E-state index contributed by atoms with van der Waals surface area (Å²) in [6, 6.07) is 7.68. The molecule has 0 fully saturated rings. The van der Waals surface area contributed by atoms with Crippen molar-refractivity contribution in [1.82, 2.24) is 25.4 Å². The summed E-state index contributed by atoms with van der Waals surface area (Å²) < 4.78 is 6.86. The zero-order valence-electron chi connectivity index (χ0n) is 18.6. The first kappa shape index (κ1) is 22.6. The molecule has 3 aromatic rings. The second-order valence-corrected chi connectivity index (χ2v) is 8.01. The molecule has 1 aliphatic heterocycles. The molecule has 0 saturated carbocycles. The molecule has 1 aromatic carbocycles. The molecule has 0 bridgehead atoms. The lowest BCUT2D eigenvalue weighted by atomic mass is 9.94. The lowest BCUT2D eigenvalue weighted by molar-refractivity contribution is 0.0535. The molecule has 4 rings (SSSR count). The number of aryl methyl sites for hydroxylation is 1. The van der Waals surface area contributed by atoms with Crippen LogP contribution in [0.3, 0.4) is 0 Å². The van der Waals surface area contributed by atoms with Crippen LogP contribution in [-0.4, -0.2) is 45.5 Å². The Morgan fingerprint density at radius 1 is 1.33 bits per heavy atom. The van der Waals surface area contributed by atoms with Gasteiger partial charge in [-0.25, -0.2) is 14.5 Å². The first-order valence-corrected chi connectivity index (χ1v) is 10.8. The van der Waals surface area contributed by atoms with Gasteiger partial charge in [-0.2, -0.15) is 10.4 Å². The van der Waals surface area contributed by atoms with Crippen LogP contribution in [0, 0.1) is 25.2 Å². The third-order valence-electron chi connectivity index (χ3n) is 5.85. The molecule has 3 N–H and O–H groups in total. The fraction of sp³-hybridized carbons (Fsp3) is 0.333. The Kier molecular flexibility index (Phi) is 6.79. The van der Waals surface area contributed by atoms with E-state index in [1.165, 1.54) is 0 Å². The van der Waals surface area contributed by atoms with Crippen LogP contribution in [-0.2, 0) is 17.9 Å². The molecule has 1 atom stereocenters. The minimum Gasteiger partial charge on any atom is -0.457 e. The number of rotatable bonds is 9. The summed E-state index contributed by atoms with van der Waals surface area (Å²) in [5, 5.41) is 29.6. The Labute approximate surface area is 192 Å². The van der Waals surface area contributed by atoms with Crippen LogP contribution in [0.15, 0.2) is 36.8 Å². The number of carbonyl (C=O) groups is 1. The molecule has 33 heavy (non-hydrogen) atoms. The molecule has 9 heteroatoms. The van der Waals surface area contributed by atoms with Gasteiger partial charge in [0.2, 0.25) is 0 Å². The van der Waals surface area contributed by atoms with E-state index in [1.807, 2.05) is 38.2 Å². The van der Waals surface area contributed by atoms with E-state index in [2.05, 4.69) is 26.8 Å². The number of aromatic nitrogens is 3. The van der Waals surface area contributed by atoms with E-state index in [1.54, 1.807) is 17.1 Å².